The number of carbonyl (C=O) groups is 1. The molecular formula is C20H19F2N3O3. The van der Waals surface area contributed by atoms with Gasteiger partial charge >= 0.3 is 6.03 Å². The van der Waals surface area contributed by atoms with Crippen LogP contribution in [-0.2, 0) is 0 Å². The van der Waals surface area contributed by atoms with Gasteiger partial charge in [-0.2, -0.15) is 5.26 Å². The van der Waals surface area contributed by atoms with Crippen molar-refractivity contribution in [2.45, 2.75) is 19.3 Å². The first kappa shape index (κ1) is 19.4. The van der Waals surface area contributed by atoms with E-state index in [1.54, 1.807) is 42.5 Å². The van der Waals surface area contributed by atoms with E-state index in [2.05, 4.69) is 10.6 Å². The van der Waals surface area contributed by atoms with Gasteiger partial charge in [0, 0.05) is 24.7 Å². The molecule has 28 heavy (non-hydrogen) atoms. The maximum absolute atomic E-state index is 13.2. The second-order valence-electron chi connectivity index (χ2n) is 6.85. The van der Waals surface area contributed by atoms with Gasteiger partial charge in [0.2, 0.25) is 0 Å². The number of methoxy groups -OCH3 is 1. The zero-order valence-electron chi connectivity index (χ0n) is 15.4. The van der Waals surface area contributed by atoms with E-state index in [9.17, 15) is 13.6 Å². The number of nitrogens with zero attached hydrogens (tertiary/aromatic N) is 1. The fraction of sp³-hybridized carbons (Fsp3) is 0.300. The van der Waals surface area contributed by atoms with Gasteiger partial charge in [-0.15, -0.1) is 0 Å². The van der Waals surface area contributed by atoms with Gasteiger partial charge < -0.3 is 20.1 Å². The Morgan fingerprint density at radius 1 is 1.21 bits per heavy atom. The van der Waals surface area contributed by atoms with Gasteiger partial charge in [0.25, 0.3) is 5.92 Å². The number of hydrogen-bond acceptors (Lipinski definition) is 4. The van der Waals surface area contributed by atoms with Crippen LogP contribution in [-0.4, -0.2) is 25.6 Å². The minimum absolute atomic E-state index is 0.0918. The van der Waals surface area contributed by atoms with Crippen LogP contribution < -0.4 is 20.1 Å². The Hall–Kier alpha value is -3.34. The lowest BCUT2D eigenvalue weighted by Gasteiger charge is -2.13. The molecule has 6 nitrogen and oxygen atoms in total. The summed E-state index contributed by atoms with van der Waals surface area (Å²) in [5, 5.41) is 14.0. The Bertz CT molecular complexity index is 925. The number of urea groups is 1. The Morgan fingerprint density at radius 2 is 1.89 bits per heavy atom. The monoisotopic (exact) mass is 387 g/mol. The molecule has 3 rings (SSSR count). The van der Waals surface area contributed by atoms with E-state index in [1.165, 1.54) is 14.0 Å². The van der Waals surface area contributed by atoms with Gasteiger partial charge in [-0.25, -0.2) is 13.6 Å². The van der Waals surface area contributed by atoms with Crippen molar-refractivity contribution in [2.24, 2.45) is 5.41 Å². The third-order valence-electron chi connectivity index (χ3n) is 4.64. The highest BCUT2D eigenvalue weighted by molar-refractivity contribution is 5.89. The normalized spacial score (nSPS) is 19.2. The van der Waals surface area contributed by atoms with Crippen LogP contribution in [0, 0.1) is 16.7 Å². The molecular weight excluding hydrogens is 368 g/mol. The van der Waals surface area contributed by atoms with Gasteiger partial charge in [-0.3, -0.25) is 0 Å². The maximum Gasteiger partial charge on any atom is 0.319 e. The molecule has 8 heteroatoms. The summed E-state index contributed by atoms with van der Waals surface area (Å²) in [5.41, 5.74) is -0.223. The molecule has 0 spiro atoms. The highest BCUT2D eigenvalue weighted by Crippen LogP contribution is 2.59. The van der Waals surface area contributed by atoms with Crippen molar-refractivity contribution in [1.82, 2.24) is 5.32 Å². The quantitative estimate of drug-likeness (QED) is 0.763. The molecule has 1 atom stereocenters. The Labute approximate surface area is 161 Å². The third kappa shape index (κ3) is 4.14. The van der Waals surface area contributed by atoms with E-state index < -0.39 is 17.4 Å². The van der Waals surface area contributed by atoms with Gasteiger partial charge in [0.05, 0.1) is 24.2 Å². The molecule has 2 amide bonds. The largest absolute Gasteiger partial charge is 0.493 e. The van der Waals surface area contributed by atoms with Gasteiger partial charge in [-0.1, -0.05) is 6.92 Å². The SMILES string of the molecule is COc1cc(C#N)ccc1Oc1ccc(NC(=O)NC[C@@]2(C)CC2(F)F)cc1. The summed E-state index contributed by atoms with van der Waals surface area (Å²) in [4.78, 5) is 11.9. The third-order valence-corrected chi connectivity index (χ3v) is 4.64. The summed E-state index contributed by atoms with van der Waals surface area (Å²) in [5.74, 6) is -1.35. The minimum Gasteiger partial charge on any atom is -0.493 e. The average molecular weight is 387 g/mol. The number of amides is 2. The number of hydrogen-bond donors (Lipinski definition) is 2. The van der Waals surface area contributed by atoms with Crippen molar-refractivity contribution >= 4 is 11.7 Å². The number of nitrogens with one attached hydrogen (secondary N) is 2. The second-order valence-corrected chi connectivity index (χ2v) is 6.85. The molecule has 0 saturated heterocycles. The molecule has 1 saturated carbocycles. The number of rotatable bonds is 6. The van der Waals surface area contributed by atoms with Crippen molar-refractivity contribution in [1.29, 1.82) is 5.26 Å². The van der Waals surface area contributed by atoms with E-state index in [-0.39, 0.29) is 13.0 Å². The number of benzene rings is 2. The second kappa shape index (κ2) is 7.35. The molecule has 1 aliphatic rings. The highest BCUT2D eigenvalue weighted by Gasteiger charge is 2.67. The van der Waals surface area contributed by atoms with E-state index in [0.29, 0.717) is 28.5 Å². The number of alkyl halides is 2. The predicted octanol–water partition coefficient (Wildman–Crippen LogP) is 4.53. The first-order valence-electron chi connectivity index (χ1n) is 8.55. The highest BCUT2D eigenvalue weighted by atomic mass is 19.3. The zero-order chi connectivity index (χ0) is 20.4. The summed E-state index contributed by atoms with van der Waals surface area (Å²) in [6, 6.07) is 12.8. The lowest BCUT2D eigenvalue weighted by Crippen LogP contribution is -2.34. The summed E-state index contributed by atoms with van der Waals surface area (Å²) in [6.45, 7) is 1.35. The summed E-state index contributed by atoms with van der Waals surface area (Å²) >= 11 is 0. The van der Waals surface area contributed by atoms with Crippen molar-refractivity contribution in [3.8, 4) is 23.3 Å². The molecule has 0 heterocycles. The van der Waals surface area contributed by atoms with Crippen LogP contribution in [0.2, 0.25) is 0 Å². The molecule has 2 aromatic carbocycles. The molecule has 0 radical (unpaired) electrons. The van der Waals surface area contributed by atoms with Crippen molar-refractivity contribution in [2.75, 3.05) is 19.0 Å². The van der Waals surface area contributed by atoms with Crippen LogP contribution in [0.15, 0.2) is 42.5 Å². The van der Waals surface area contributed by atoms with Gasteiger partial charge in [-0.05, 0) is 36.4 Å². The standard InChI is InChI=1S/C20H19F2N3O3/c1-19(11-20(19,21)22)12-24-18(26)25-14-4-6-15(7-5-14)28-16-8-3-13(10-23)9-17(16)27-2/h3-9H,11-12H2,1-2H3,(H2,24,25,26)/t19-/m1/s1. The first-order chi connectivity index (χ1) is 13.3. The fourth-order valence-electron chi connectivity index (χ4n) is 2.64. The summed E-state index contributed by atoms with van der Waals surface area (Å²) < 4.78 is 37.3. The van der Waals surface area contributed by atoms with Crippen LogP contribution in [0.25, 0.3) is 0 Å². The Kier molecular flexibility index (Phi) is 5.10. The average Bonchev–Trinajstić information content (AvgIpc) is 3.19. The first-order valence-corrected chi connectivity index (χ1v) is 8.55. The molecule has 0 aromatic heterocycles. The molecule has 1 aliphatic carbocycles. The van der Waals surface area contributed by atoms with Crippen LogP contribution in [0.5, 0.6) is 17.2 Å². The summed E-state index contributed by atoms with van der Waals surface area (Å²) in [6.07, 6.45) is -0.217. The van der Waals surface area contributed by atoms with Crippen molar-refractivity contribution < 1.29 is 23.0 Å². The fourth-order valence-corrected chi connectivity index (χ4v) is 2.64. The molecule has 2 N–H and O–H groups in total. The Balaban J connectivity index is 1.57. The number of carbonyl (C=O) groups excluding carboxylic acids is 1. The van der Waals surface area contributed by atoms with E-state index in [0.717, 1.165) is 0 Å². The predicted molar refractivity (Wildman–Crippen MR) is 98.9 cm³/mol. The number of anilines is 1. The van der Waals surface area contributed by atoms with Crippen LogP contribution in [0.1, 0.15) is 18.9 Å². The van der Waals surface area contributed by atoms with E-state index in [1.807, 2.05) is 6.07 Å². The van der Waals surface area contributed by atoms with Gasteiger partial charge in [0.15, 0.2) is 11.5 Å². The zero-order valence-corrected chi connectivity index (χ0v) is 15.4. The molecule has 146 valence electrons. The van der Waals surface area contributed by atoms with Crippen molar-refractivity contribution in [3.63, 3.8) is 0 Å². The molecule has 0 aliphatic heterocycles. The van der Waals surface area contributed by atoms with Crippen molar-refractivity contribution in [3.05, 3.63) is 48.0 Å². The summed E-state index contributed by atoms with van der Waals surface area (Å²) in [7, 11) is 1.48. The van der Waals surface area contributed by atoms with Gasteiger partial charge in [0.1, 0.15) is 5.75 Å². The Morgan fingerprint density at radius 3 is 2.46 bits per heavy atom. The lowest BCUT2D eigenvalue weighted by atomic mass is 10.1. The lowest BCUT2D eigenvalue weighted by molar-refractivity contribution is 0.0709. The van der Waals surface area contributed by atoms with Crippen LogP contribution >= 0.6 is 0 Å². The number of halogens is 2. The molecule has 2 aromatic rings. The van der Waals surface area contributed by atoms with E-state index >= 15 is 0 Å². The minimum atomic E-state index is -2.72. The molecule has 0 bridgehead atoms. The topological polar surface area (TPSA) is 83.4 Å². The number of nitriles is 1. The molecule has 1 fully saturated rings. The smallest absolute Gasteiger partial charge is 0.319 e. The molecule has 0 unspecified atom stereocenters. The van der Waals surface area contributed by atoms with Crippen LogP contribution in [0.3, 0.4) is 0 Å². The van der Waals surface area contributed by atoms with E-state index in [4.69, 9.17) is 14.7 Å². The van der Waals surface area contributed by atoms with Crippen LogP contribution in [0.4, 0.5) is 19.3 Å². The number of ether oxygens (including phenoxy) is 2. The maximum atomic E-state index is 13.2.